The molecule has 2 aromatic heterocycles. The summed E-state index contributed by atoms with van der Waals surface area (Å²) in [7, 11) is 0. The zero-order valence-corrected chi connectivity index (χ0v) is 15.3. The molecule has 0 aliphatic carbocycles. The molecule has 1 aliphatic rings. The maximum atomic E-state index is 5.86. The number of nitrogens with zero attached hydrogens (tertiary/aromatic N) is 4. The minimum Gasteiger partial charge on any atom is -0.372 e. The van der Waals surface area contributed by atoms with Gasteiger partial charge in [-0.25, -0.2) is 9.97 Å². The van der Waals surface area contributed by atoms with Gasteiger partial charge in [0, 0.05) is 19.2 Å². The number of aryl methyl sites for hydroxylation is 1. The fourth-order valence-electron chi connectivity index (χ4n) is 3.36. The Balaban J connectivity index is 1.68. The van der Waals surface area contributed by atoms with E-state index in [2.05, 4.69) is 29.2 Å². The number of para-hydroxylation sites is 2. The average molecular weight is 353 g/mol. The molecule has 3 aromatic rings. The summed E-state index contributed by atoms with van der Waals surface area (Å²) in [5.74, 6) is 2.40. The van der Waals surface area contributed by atoms with Gasteiger partial charge in [0.15, 0.2) is 11.6 Å². The van der Waals surface area contributed by atoms with Crippen LogP contribution >= 0.6 is 0 Å². The molecule has 3 heterocycles. The highest BCUT2D eigenvalue weighted by atomic mass is 16.5. The number of morpholine rings is 1. The van der Waals surface area contributed by atoms with E-state index in [0.717, 1.165) is 47.2 Å². The van der Waals surface area contributed by atoms with Gasteiger partial charge in [0.25, 0.3) is 0 Å². The third kappa shape index (κ3) is 3.48. The van der Waals surface area contributed by atoms with Crippen LogP contribution in [0, 0.1) is 6.92 Å². The van der Waals surface area contributed by atoms with Crippen molar-refractivity contribution in [1.29, 1.82) is 0 Å². The van der Waals surface area contributed by atoms with Crippen molar-refractivity contribution in [3.63, 3.8) is 0 Å². The molecule has 4 rings (SSSR count). The van der Waals surface area contributed by atoms with Crippen molar-refractivity contribution in [2.75, 3.05) is 23.3 Å². The van der Waals surface area contributed by atoms with Gasteiger partial charge in [0.05, 0.1) is 29.8 Å². The molecule has 26 heavy (non-hydrogen) atoms. The molecule has 1 aliphatic heterocycles. The molecule has 0 spiro atoms. The quantitative estimate of drug-likeness (QED) is 0.772. The molecular formula is C19H23N5O2. The van der Waals surface area contributed by atoms with E-state index in [1.54, 1.807) is 0 Å². The van der Waals surface area contributed by atoms with Crippen LogP contribution in [0.5, 0.6) is 0 Å². The summed E-state index contributed by atoms with van der Waals surface area (Å²) in [5.41, 5.74) is 2.59. The van der Waals surface area contributed by atoms with Gasteiger partial charge >= 0.3 is 0 Å². The van der Waals surface area contributed by atoms with Crippen LogP contribution in [0.4, 0.5) is 11.6 Å². The number of nitrogens with one attached hydrogen (secondary N) is 1. The molecule has 0 saturated carbocycles. The van der Waals surface area contributed by atoms with Crippen molar-refractivity contribution in [2.45, 2.75) is 39.5 Å². The number of hydrogen-bond acceptors (Lipinski definition) is 7. The maximum absolute atomic E-state index is 5.86. The molecule has 0 amide bonds. The van der Waals surface area contributed by atoms with Crippen LogP contribution in [0.2, 0.25) is 0 Å². The van der Waals surface area contributed by atoms with E-state index in [-0.39, 0.29) is 12.2 Å². The van der Waals surface area contributed by atoms with Crippen LogP contribution in [0.15, 0.2) is 34.9 Å². The Morgan fingerprint density at radius 2 is 1.81 bits per heavy atom. The first-order valence-electron chi connectivity index (χ1n) is 8.92. The van der Waals surface area contributed by atoms with Crippen LogP contribution in [0.1, 0.15) is 25.3 Å². The summed E-state index contributed by atoms with van der Waals surface area (Å²) in [6.07, 6.45) is 0.302. The van der Waals surface area contributed by atoms with Crippen molar-refractivity contribution < 1.29 is 9.26 Å². The Bertz CT molecular complexity index is 900. The molecule has 2 atom stereocenters. The Morgan fingerprint density at radius 1 is 1.12 bits per heavy atom. The highest BCUT2D eigenvalue weighted by Gasteiger charge is 2.26. The summed E-state index contributed by atoms with van der Waals surface area (Å²) in [6.45, 7) is 8.16. The van der Waals surface area contributed by atoms with Gasteiger partial charge in [-0.2, -0.15) is 0 Å². The van der Waals surface area contributed by atoms with E-state index in [4.69, 9.17) is 19.2 Å². The van der Waals surface area contributed by atoms with Crippen LogP contribution in [-0.4, -0.2) is 40.4 Å². The Morgan fingerprint density at radius 3 is 2.46 bits per heavy atom. The van der Waals surface area contributed by atoms with Crippen LogP contribution in [-0.2, 0) is 11.3 Å². The molecule has 1 aromatic carbocycles. The predicted octanol–water partition coefficient (Wildman–Crippen LogP) is 3.15. The molecule has 0 bridgehead atoms. The normalized spacial score (nSPS) is 20.5. The predicted molar refractivity (Wildman–Crippen MR) is 100 cm³/mol. The van der Waals surface area contributed by atoms with Crippen molar-refractivity contribution in [2.24, 2.45) is 0 Å². The molecule has 136 valence electrons. The van der Waals surface area contributed by atoms with Crippen molar-refractivity contribution in [1.82, 2.24) is 15.1 Å². The molecule has 7 heteroatoms. The Kier molecular flexibility index (Phi) is 4.46. The van der Waals surface area contributed by atoms with Gasteiger partial charge in [-0.3, -0.25) is 0 Å². The zero-order valence-electron chi connectivity index (χ0n) is 15.3. The second-order valence-electron chi connectivity index (χ2n) is 6.83. The summed E-state index contributed by atoms with van der Waals surface area (Å²) in [6, 6.07) is 9.84. The van der Waals surface area contributed by atoms with Gasteiger partial charge in [-0.1, -0.05) is 17.3 Å². The van der Waals surface area contributed by atoms with Crippen LogP contribution in [0.25, 0.3) is 11.0 Å². The third-order valence-electron chi connectivity index (χ3n) is 4.39. The average Bonchev–Trinajstić information content (AvgIpc) is 3.03. The van der Waals surface area contributed by atoms with E-state index in [1.807, 2.05) is 37.3 Å². The summed E-state index contributed by atoms with van der Waals surface area (Å²) >= 11 is 0. The standard InChI is InChI=1S/C19H23N5O2/c1-12-8-15(23-26-12)9-20-18-19(24-10-13(2)25-14(3)11-24)22-17-7-5-4-6-16(17)21-18/h4-8,13-14H,9-11H2,1-3H3,(H,20,21). The number of aromatic nitrogens is 3. The topological polar surface area (TPSA) is 76.3 Å². The largest absolute Gasteiger partial charge is 0.372 e. The van der Waals surface area contributed by atoms with Gasteiger partial charge in [0.2, 0.25) is 0 Å². The number of hydrogen-bond donors (Lipinski definition) is 1. The molecule has 1 fully saturated rings. The molecule has 7 nitrogen and oxygen atoms in total. The summed E-state index contributed by atoms with van der Waals surface area (Å²) in [5, 5.41) is 7.42. The van der Waals surface area contributed by atoms with E-state index >= 15 is 0 Å². The zero-order chi connectivity index (χ0) is 18.1. The lowest BCUT2D eigenvalue weighted by molar-refractivity contribution is -0.00541. The number of rotatable bonds is 4. The lowest BCUT2D eigenvalue weighted by Gasteiger charge is -2.36. The number of ether oxygens (including phenoxy) is 1. The first-order valence-corrected chi connectivity index (χ1v) is 8.92. The van der Waals surface area contributed by atoms with Crippen molar-refractivity contribution in [3.8, 4) is 0 Å². The molecular weight excluding hydrogens is 330 g/mol. The van der Waals surface area contributed by atoms with E-state index in [0.29, 0.717) is 6.54 Å². The van der Waals surface area contributed by atoms with E-state index < -0.39 is 0 Å². The summed E-state index contributed by atoms with van der Waals surface area (Å²) in [4.78, 5) is 11.9. The Hall–Kier alpha value is -2.67. The first-order chi connectivity index (χ1) is 12.6. The van der Waals surface area contributed by atoms with Gasteiger partial charge in [-0.05, 0) is 32.9 Å². The van der Waals surface area contributed by atoms with Gasteiger partial charge in [0.1, 0.15) is 11.5 Å². The maximum Gasteiger partial charge on any atom is 0.172 e. The van der Waals surface area contributed by atoms with E-state index in [1.165, 1.54) is 0 Å². The molecule has 1 saturated heterocycles. The third-order valence-corrected chi connectivity index (χ3v) is 4.39. The minimum absolute atomic E-state index is 0.151. The van der Waals surface area contributed by atoms with Gasteiger partial charge < -0.3 is 19.5 Å². The lowest BCUT2D eigenvalue weighted by atomic mass is 10.2. The summed E-state index contributed by atoms with van der Waals surface area (Å²) < 4.78 is 11.0. The Labute approximate surface area is 152 Å². The SMILES string of the molecule is Cc1cc(CNc2nc3ccccc3nc2N2CC(C)OC(C)C2)no1. The number of fused-ring (bicyclic) bond motifs is 1. The molecule has 1 N–H and O–H groups in total. The van der Waals surface area contributed by atoms with Crippen LogP contribution in [0.3, 0.4) is 0 Å². The fourth-order valence-corrected chi connectivity index (χ4v) is 3.36. The molecule has 0 radical (unpaired) electrons. The fraction of sp³-hybridized carbons (Fsp3) is 0.421. The lowest BCUT2D eigenvalue weighted by Crippen LogP contribution is -2.46. The second-order valence-corrected chi connectivity index (χ2v) is 6.83. The monoisotopic (exact) mass is 353 g/mol. The smallest absolute Gasteiger partial charge is 0.172 e. The van der Waals surface area contributed by atoms with E-state index in [9.17, 15) is 0 Å². The number of benzene rings is 1. The highest BCUT2D eigenvalue weighted by molar-refractivity contribution is 5.80. The molecule has 2 unspecified atom stereocenters. The first kappa shape index (κ1) is 16.8. The van der Waals surface area contributed by atoms with Crippen LogP contribution < -0.4 is 10.2 Å². The minimum atomic E-state index is 0.151. The number of anilines is 2. The highest BCUT2D eigenvalue weighted by Crippen LogP contribution is 2.28. The second kappa shape index (κ2) is 6.92. The van der Waals surface area contributed by atoms with Crippen molar-refractivity contribution in [3.05, 3.63) is 41.8 Å². The van der Waals surface area contributed by atoms with Crippen molar-refractivity contribution >= 4 is 22.7 Å². The van der Waals surface area contributed by atoms with Gasteiger partial charge in [-0.15, -0.1) is 0 Å².